The van der Waals surface area contributed by atoms with Crippen molar-refractivity contribution in [3.8, 4) is 0 Å². The molecular formula is C69H108O6. The van der Waals surface area contributed by atoms with Crippen LogP contribution < -0.4 is 0 Å². The molecule has 0 aliphatic rings. The molecular weight excluding hydrogens is 925 g/mol. The number of carbonyl (C=O) groups is 3. The Morgan fingerprint density at radius 1 is 0.293 bits per heavy atom. The number of hydrogen-bond donors (Lipinski definition) is 0. The van der Waals surface area contributed by atoms with Crippen LogP contribution in [0.5, 0.6) is 0 Å². The van der Waals surface area contributed by atoms with Gasteiger partial charge in [0.25, 0.3) is 0 Å². The van der Waals surface area contributed by atoms with Crippen LogP contribution in [0.25, 0.3) is 0 Å². The Morgan fingerprint density at radius 2 is 0.560 bits per heavy atom. The van der Waals surface area contributed by atoms with Crippen LogP contribution in [0.3, 0.4) is 0 Å². The van der Waals surface area contributed by atoms with E-state index in [1.807, 2.05) is 6.08 Å². The summed E-state index contributed by atoms with van der Waals surface area (Å²) >= 11 is 0. The highest BCUT2D eigenvalue weighted by atomic mass is 16.6. The first-order valence-corrected chi connectivity index (χ1v) is 30.0. The highest BCUT2D eigenvalue weighted by molar-refractivity contribution is 5.72. The molecule has 0 aromatic heterocycles. The second-order valence-electron chi connectivity index (χ2n) is 19.2. The van der Waals surface area contributed by atoms with Gasteiger partial charge in [-0.25, -0.2) is 0 Å². The molecule has 6 nitrogen and oxygen atoms in total. The normalized spacial score (nSPS) is 13.3. The minimum absolute atomic E-state index is 0.0812. The lowest BCUT2D eigenvalue weighted by Crippen LogP contribution is -2.30. The zero-order chi connectivity index (χ0) is 54.3. The molecule has 0 aliphatic heterocycles. The molecule has 0 aromatic rings. The molecule has 0 aromatic carbocycles. The summed E-state index contributed by atoms with van der Waals surface area (Å²) in [6.07, 6.45) is 89.8. The number of unbranched alkanes of at least 4 members (excludes halogenated alkanes) is 16. The number of hydrogen-bond acceptors (Lipinski definition) is 6. The number of carbonyl (C=O) groups excluding carboxylic acids is 3. The SMILES string of the molecule is CC/C=C\C/C=C\C/C=C\C/C=C\C/C=C\C/C=C\C/C=C\C/C=C\CCCCC(=O)OCC(COC(=O)CCCCCCCCCCCCCCCCC)OC(=O)C/C=C\C/C=C\C/C=C\C/C=C\C/C=C\CC. The third-order valence-corrected chi connectivity index (χ3v) is 12.1. The second kappa shape index (κ2) is 61.6. The van der Waals surface area contributed by atoms with Gasteiger partial charge >= 0.3 is 17.9 Å². The van der Waals surface area contributed by atoms with E-state index in [4.69, 9.17) is 14.2 Å². The van der Waals surface area contributed by atoms with Crippen molar-refractivity contribution in [2.45, 2.75) is 245 Å². The molecule has 0 heterocycles. The minimum Gasteiger partial charge on any atom is -0.462 e. The number of esters is 3. The zero-order valence-electron chi connectivity index (χ0n) is 48.0. The lowest BCUT2D eigenvalue weighted by atomic mass is 10.0. The summed E-state index contributed by atoms with van der Waals surface area (Å²) in [6.45, 7) is 6.28. The van der Waals surface area contributed by atoms with Gasteiger partial charge in [0, 0.05) is 12.8 Å². The van der Waals surface area contributed by atoms with Gasteiger partial charge in [-0.05, 0) is 109 Å². The van der Waals surface area contributed by atoms with Crippen LogP contribution in [0.15, 0.2) is 158 Å². The fourth-order valence-electron chi connectivity index (χ4n) is 7.65. The van der Waals surface area contributed by atoms with Crippen LogP contribution in [-0.2, 0) is 28.6 Å². The van der Waals surface area contributed by atoms with Gasteiger partial charge < -0.3 is 14.2 Å². The molecule has 0 radical (unpaired) electrons. The molecule has 1 unspecified atom stereocenters. The van der Waals surface area contributed by atoms with Crippen molar-refractivity contribution < 1.29 is 28.6 Å². The van der Waals surface area contributed by atoms with Gasteiger partial charge in [-0.1, -0.05) is 269 Å². The van der Waals surface area contributed by atoms with Crippen molar-refractivity contribution in [1.29, 1.82) is 0 Å². The Balaban J connectivity index is 4.53. The Kier molecular flexibility index (Phi) is 57.5. The monoisotopic (exact) mass is 1030 g/mol. The highest BCUT2D eigenvalue weighted by Crippen LogP contribution is 2.15. The first kappa shape index (κ1) is 70.0. The summed E-state index contributed by atoms with van der Waals surface area (Å²) in [6, 6.07) is 0. The molecule has 0 amide bonds. The summed E-state index contributed by atoms with van der Waals surface area (Å²) in [4.78, 5) is 38.1. The number of ether oxygens (including phenoxy) is 3. The molecule has 1 atom stereocenters. The van der Waals surface area contributed by atoms with Gasteiger partial charge in [0.1, 0.15) is 13.2 Å². The van der Waals surface area contributed by atoms with Gasteiger partial charge in [0.05, 0.1) is 6.42 Å². The van der Waals surface area contributed by atoms with Gasteiger partial charge in [0.2, 0.25) is 0 Å². The fraction of sp³-hybridized carbons (Fsp3) is 0.580. The molecule has 420 valence electrons. The predicted octanol–water partition coefficient (Wildman–Crippen LogP) is 20.5. The van der Waals surface area contributed by atoms with E-state index in [2.05, 4.69) is 167 Å². The largest absolute Gasteiger partial charge is 0.462 e. The summed E-state index contributed by atoms with van der Waals surface area (Å²) in [5.41, 5.74) is 0. The lowest BCUT2D eigenvalue weighted by molar-refractivity contribution is -0.166. The molecule has 6 heteroatoms. The van der Waals surface area contributed by atoms with Gasteiger partial charge in [-0.3, -0.25) is 14.4 Å². The van der Waals surface area contributed by atoms with Gasteiger partial charge in [0.15, 0.2) is 6.10 Å². The summed E-state index contributed by atoms with van der Waals surface area (Å²) in [5, 5.41) is 0. The van der Waals surface area contributed by atoms with E-state index in [1.54, 1.807) is 6.08 Å². The summed E-state index contributed by atoms with van der Waals surface area (Å²) in [5.74, 6) is -1.12. The standard InChI is InChI=1S/C69H108O6/c1-4-7-10-13-16-19-22-25-28-29-30-31-32-33-34-35-36-37-38-39-42-44-47-50-53-56-59-62-68(71)74-65-66(75-69(72)63-60-57-54-51-48-45-41-27-24-21-18-15-12-9-6-3)64-73-67(70)61-58-55-52-49-46-43-40-26-23-20-17-14-11-8-5-2/h7,9-10,12,16,18-19,21,25,27-28,30-31,33-34,36-37,39,41-42,47-48,50-51,57,60,66H,4-6,8,11,13-15,17,20,22-24,26,29,32,35,38,40,43-46,49,52-56,58-59,61-65H2,1-3H3/b10-7-,12-9-,19-16-,21-18-,28-25-,31-30-,34-33-,37-36-,41-27-,42-39-,50-47-,51-48-,60-57-. The van der Waals surface area contributed by atoms with Crippen molar-refractivity contribution in [3.05, 3.63) is 158 Å². The molecule has 0 spiro atoms. The van der Waals surface area contributed by atoms with Crippen molar-refractivity contribution >= 4 is 17.9 Å². The van der Waals surface area contributed by atoms with Crippen LogP contribution in [-0.4, -0.2) is 37.2 Å². The topological polar surface area (TPSA) is 78.9 Å². The first-order valence-electron chi connectivity index (χ1n) is 30.0. The van der Waals surface area contributed by atoms with Crippen molar-refractivity contribution in [2.24, 2.45) is 0 Å². The molecule has 75 heavy (non-hydrogen) atoms. The van der Waals surface area contributed by atoms with Gasteiger partial charge in [-0.2, -0.15) is 0 Å². The Bertz CT molecular complexity index is 1710. The maximum Gasteiger partial charge on any atom is 0.310 e. The van der Waals surface area contributed by atoms with Crippen molar-refractivity contribution in [1.82, 2.24) is 0 Å². The van der Waals surface area contributed by atoms with Gasteiger partial charge in [-0.15, -0.1) is 0 Å². The third-order valence-electron chi connectivity index (χ3n) is 12.1. The molecule has 0 bridgehead atoms. The third kappa shape index (κ3) is 59.8. The Morgan fingerprint density at radius 3 is 0.880 bits per heavy atom. The molecule has 0 rings (SSSR count). The summed E-state index contributed by atoms with van der Waals surface area (Å²) in [7, 11) is 0. The average Bonchev–Trinajstić information content (AvgIpc) is 3.41. The molecule has 0 N–H and O–H groups in total. The molecule has 0 fully saturated rings. The molecule has 0 saturated carbocycles. The van der Waals surface area contributed by atoms with Crippen molar-refractivity contribution in [2.75, 3.05) is 13.2 Å². The van der Waals surface area contributed by atoms with Crippen LogP contribution in [0, 0.1) is 0 Å². The van der Waals surface area contributed by atoms with Crippen molar-refractivity contribution in [3.63, 3.8) is 0 Å². The second-order valence-corrected chi connectivity index (χ2v) is 19.2. The Labute approximate surface area is 460 Å². The van der Waals surface area contributed by atoms with Crippen LogP contribution in [0.1, 0.15) is 239 Å². The molecule has 0 aliphatic carbocycles. The number of allylic oxidation sites excluding steroid dienone is 25. The van der Waals surface area contributed by atoms with E-state index in [0.29, 0.717) is 19.3 Å². The maximum absolute atomic E-state index is 12.8. The maximum atomic E-state index is 12.8. The fourth-order valence-corrected chi connectivity index (χ4v) is 7.65. The van der Waals surface area contributed by atoms with E-state index >= 15 is 0 Å². The van der Waals surface area contributed by atoms with E-state index < -0.39 is 12.1 Å². The van der Waals surface area contributed by atoms with Crippen LogP contribution >= 0.6 is 0 Å². The van der Waals surface area contributed by atoms with E-state index in [9.17, 15) is 14.4 Å². The quantitative estimate of drug-likeness (QED) is 0.0261. The number of rotatable bonds is 52. The lowest BCUT2D eigenvalue weighted by Gasteiger charge is -2.18. The van der Waals surface area contributed by atoms with Crippen LogP contribution in [0.2, 0.25) is 0 Å². The molecule has 0 saturated heterocycles. The smallest absolute Gasteiger partial charge is 0.310 e. The highest BCUT2D eigenvalue weighted by Gasteiger charge is 2.19. The minimum atomic E-state index is -0.857. The average molecular weight is 1030 g/mol. The van der Waals surface area contributed by atoms with E-state index in [1.165, 1.54) is 77.0 Å². The van der Waals surface area contributed by atoms with E-state index in [-0.39, 0.29) is 38.0 Å². The van der Waals surface area contributed by atoms with Crippen LogP contribution in [0.4, 0.5) is 0 Å². The first-order chi connectivity index (χ1) is 37.0. The van der Waals surface area contributed by atoms with E-state index in [0.717, 1.165) is 109 Å². The summed E-state index contributed by atoms with van der Waals surface area (Å²) < 4.78 is 16.7. The Hall–Kier alpha value is -4.97. The predicted molar refractivity (Wildman–Crippen MR) is 325 cm³/mol. The zero-order valence-corrected chi connectivity index (χ0v) is 48.0.